The summed E-state index contributed by atoms with van der Waals surface area (Å²) < 4.78 is 74.1. The average molecular weight is 601 g/mol. The summed E-state index contributed by atoms with van der Waals surface area (Å²) >= 11 is 0. The van der Waals surface area contributed by atoms with Crippen molar-refractivity contribution >= 4 is 17.8 Å². The van der Waals surface area contributed by atoms with Gasteiger partial charge in [-0.1, -0.05) is 12.8 Å². The number of carbonyl (C=O) groups is 3. The molecule has 1 aromatic carbocycles. The number of benzene rings is 1. The van der Waals surface area contributed by atoms with E-state index in [0.29, 0.717) is 44.1 Å². The first-order valence-corrected chi connectivity index (χ1v) is 14.6. The van der Waals surface area contributed by atoms with Gasteiger partial charge in [0.05, 0.1) is 12.6 Å². The molecular weight excluding hydrogens is 563 g/mol. The Labute approximate surface area is 241 Å². The summed E-state index contributed by atoms with van der Waals surface area (Å²) in [6, 6.07) is 0.496. The van der Waals surface area contributed by atoms with Gasteiger partial charge in [-0.3, -0.25) is 9.59 Å². The lowest BCUT2D eigenvalue weighted by molar-refractivity contribution is -0.187. The van der Waals surface area contributed by atoms with Crippen molar-refractivity contribution in [2.24, 2.45) is 11.3 Å². The van der Waals surface area contributed by atoms with Crippen LogP contribution in [0.2, 0.25) is 0 Å². The lowest BCUT2D eigenvalue weighted by atomic mass is 9.69. The van der Waals surface area contributed by atoms with Gasteiger partial charge >= 0.3 is 18.1 Å². The monoisotopic (exact) mass is 600 g/mol. The van der Waals surface area contributed by atoms with Crippen LogP contribution >= 0.6 is 0 Å². The summed E-state index contributed by atoms with van der Waals surface area (Å²) in [5, 5.41) is 0. The highest BCUT2D eigenvalue weighted by Crippen LogP contribution is 2.49. The maximum absolute atomic E-state index is 15.0. The van der Waals surface area contributed by atoms with Crippen LogP contribution in [0, 0.1) is 23.0 Å². The number of nitrogens with zero attached hydrogens (tertiary/aromatic N) is 4. The highest BCUT2D eigenvalue weighted by molar-refractivity contribution is 5.82. The molecule has 1 saturated carbocycles. The normalized spacial score (nSPS) is 26.6. The number of carbonyl (C=O) groups excluding carboxylic acids is 3. The molecule has 4 aliphatic rings. The Hall–Kier alpha value is -2.96. The maximum atomic E-state index is 15.0. The molecule has 4 amide bonds. The molecule has 3 saturated heterocycles. The third-order valence-corrected chi connectivity index (χ3v) is 9.76. The molecule has 3 aliphatic heterocycles. The highest BCUT2D eigenvalue weighted by atomic mass is 19.4. The Balaban J connectivity index is 1.37. The van der Waals surface area contributed by atoms with Crippen molar-refractivity contribution < 1.29 is 41.1 Å². The van der Waals surface area contributed by atoms with E-state index in [1.165, 1.54) is 4.90 Å². The molecule has 13 heteroatoms. The Bertz CT molecular complexity index is 1190. The molecule has 232 valence electrons. The largest absolute Gasteiger partial charge is 0.471 e. The lowest BCUT2D eigenvalue weighted by Gasteiger charge is -2.50. The van der Waals surface area contributed by atoms with Crippen LogP contribution in [0.4, 0.5) is 26.7 Å². The molecule has 5 rings (SSSR count). The maximum Gasteiger partial charge on any atom is 0.471 e. The zero-order valence-corrected chi connectivity index (χ0v) is 23.7. The fraction of sp³-hybridized carbons (Fsp3) is 0.690. The van der Waals surface area contributed by atoms with Crippen LogP contribution in [0.5, 0.6) is 0 Å². The van der Waals surface area contributed by atoms with Crippen molar-refractivity contribution in [3.8, 4) is 0 Å². The van der Waals surface area contributed by atoms with Crippen LogP contribution in [0.15, 0.2) is 18.2 Å². The molecule has 8 nitrogen and oxygen atoms in total. The van der Waals surface area contributed by atoms with E-state index in [9.17, 15) is 31.9 Å². The van der Waals surface area contributed by atoms with E-state index in [1.807, 2.05) is 4.90 Å². The molecule has 1 unspecified atom stereocenters. The van der Waals surface area contributed by atoms with Crippen molar-refractivity contribution in [2.45, 2.75) is 63.2 Å². The minimum Gasteiger partial charge on any atom is -0.370 e. The van der Waals surface area contributed by atoms with Gasteiger partial charge in [0.15, 0.2) is 0 Å². The van der Waals surface area contributed by atoms with Gasteiger partial charge in [0.2, 0.25) is 5.91 Å². The summed E-state index contributed by atoms with van der Waals surface area (Å²) in [6.45, 7) is 2.56. The molecule has 4 fully saturated rings. The zero-order valence-electron chi connectivity index (χ0n) is 23.7. The van der Waals surface area contributed by atoms with Gasteiger partial charge in [0, 0.05) is 51.4 Å². The lowest BCUT2D eigenvalue weighted by Crippen LogP contribution is -2.58. The summed E-state index contributed by atoms with van der Waals surface area (Å²) in [7, 11) is 1.05. The number of hydrogen-bond acceptors (Lipinski definition) is 4. The molecule has 42 heavy (non-hydrogen) atoms. The first-order valence-electron chi connectivity index (χ1n) is 14.6. The predicted molar refractivity (Wildman–Crippen MR) is 141 cm³/mol. The van der Waals surface area contributed by atoms with Crippen LogP contribution in [0.1, 0.15) is 56.6 Å². The highest BCUT2D eigenvalue weighted by Gasteiger charge is 2.49. The third-order valence-electron chi connectivity index (χ3n) is 9.76. The Morgan fingerprint density at radius 1 is 1.10 bits per heavy atom. The van der Waals surface area contributed by atoms with Crippen LogP contribution in [0.3, 0.4) is 0 Å². The van der Waals surface area contributed by atoms with Gasteiger partial charge in [0.25, 0.3) is 0 Å². The Kier molecular flexibility index (Phi) is 8.69. The molecule has 0 aromatic heterocycles. The number of urea groups is 1. The average Bonchev–Trinajstić information content (AvgIpc) is 3.43. The molecule has 0 radical (unpaired) electrons. The fourth-order valence-corrected chi connectivity index (χ4v) is 7.45. The number of piperidine rings is 2. The number of alkyl halides is 3. The van der Waals surface area contributed by atoms with Crippen molar-refractivity contribution in [3.05, 3.63) is 35.4 Å². The molecule has 1 spiro atoms. The molecular formula is C29H37F5N4O4. The number of amides is 4. The van der Waals surface area contributed by atoms with Gasteiger partial charge in [-0.2, -0.15) is 13.2 Å². The van der Waals surface area contributed by atoms with Gasteiger partial charge in [0.1, 0.15) is 18.2 Å². The second-order valence-corrected chi connectivity index (χ2v) is 12.1. The first kappa shape index (κ1) is 30.5. The smallest absolute Gasteiger partial charge is 0.370 e. The third kappa shape index (κ3) is 6.07. The van der Waals surface area contributed by atoms with Crippen molar-refractivity contribution in [1.29, 1.82) is 0 Å². The Morgan fingerprint density at radius 3 is 2.52 bits per heavy atom. The SMILES string of the molecule is CN(C(=O)C(F)(F)F)[C@@H]1CCN(C(=O)N2CCC(CN3CCOCC3=O)C3(CCCC3)C2)[C@H](c2cc(F)ccc2F)C1. The summed E-state index contributed by atoms with van der Waals surface area (Å²) in [6.07, 6.45) is -0.650. The van der Waals surface area contributed by atoms with Gasteiger partial charge in [-0.25, -0.2) is 13.6 Å². The predicted octanol–water partition coefficient (Wildman–Crippen LogP) is 4.35. The number of halogens is 5. The Morgan fingerprint density at radius 2 is 1.83 bits per heavy atom. The standard InChI is InChI=1S/C29H37F5N4O4/c1-35(26(40)29(32,33)34)21-7-11-38(24(15-21)22-14-20(30)4-5-23(22)31)27(41)37-10-6-19(28(18-37)8-2-3-9-28)16-36-12-13-42-17-25(36)39/h4-5,14,19,21,24H,2-3,6-13,15-18H2,1H3/t19?,21-,24+/m1/s1. The zero-order chi connectivity index (χ0) is 30.2. The van der Waals surface area contributed by atoms with E-state index in [4.69, 9.17) is 4.74 Å². The number of likely N-dealkylation sites (tertiary alicyclic amines) is 2. The van der Waals surface area contributed by atoms with Crippen molar-refractivity contribution in [3.63, 3.8) is 0 Å². The molecule has 0 bridgehead atoms. The molecule has 3 atom stereocenters. The van der Waals surface area contributed by atoms with Crippen molar-refractivity contribution in [2.75, 3.05) is 53.0 Å². The summed E-state index contributed by atoms with van der Waals surface area (Å²) in [5.41, 5.74) is -0.304. The van der Waals surface area contributed by atoms with E-state index >= 15 is 4.39 Å². The van der Waals surface area contributed by atoms with Crippen LogP contribution in [-0.4, -0.2) is 103 Å². The molecule has 1 aliphatic carbocycles. The summed E-state index contributed by atoms with van der Waals surface area (Å²) in [4.78, 5) is 44.1. The first-order chi connectivity index (χ1) is 19.9. The van der Waals surface area contributed by atoms with Crippen LogP contribution in [-0.2, 0) is 14.3 Å². The molecule has 1 aromatic rings. The number of morpholine rings is 1. The van der Waals surface area contributed by atoms with Gasteiger partial charge in [-0.15, -0.1) is 0 Å². The van der Waals surface area contributed by atoms with E-state index < -0.39 is 35.8 Å². The van der Waals surface area contributed by atoms with E-state index in [-0.39, 0.29) is 54.8 Å². The second-order valence-electron chi connectivity index (χ2n) is 12.1. The van der Waals surface area contributed by atoms with Crippen molar-refractivity contribution in [1.82, 2.24) is 19.6 Å². The number of rotatable bonds is 4. The van der Waals surface area contributed by atoms with E-state index in [2.05, 4.69) is 0 Å². The number of ether oxygens (including phenoxy) is 1. The second kappa shape index (κ2) is 12.0. The van der Waals surface area contributed by atoms with Gasteiger partial charge < -0.3 is 24.3 Å². The van der Waals surface area contributed by atoms with Gasteiger partial charge in [-0.05, 0) is 61.6 Å². The van der Waals surface area contributed by atoms with E-state index in [0.717, 1.165) is 50.9 Å². The quantitative estimate of drug-likeness (QED) is 0.482. The number of hydrogen-bond donors (Lipinski definition) is 0. The molecule has 0 N–H and O–H groups in total. The van der Waals surface area contributed by atoms with Crippen LogP contribution in [0.25, 0.3) is 0 Å². The fourth-order valence-electron chi connectivity index (χ4n) is 7.45. The topological polar surface area (TPSA) is 73.4 Å². The minimum atomic E-state index is -5.08. The minimum absolute atomic E-state index is 0.0190. The molecule has 3 heterocycles. The summed E-state index contributed by atoms with van der Waals surface area (Å²) in [5.74, 6) is -3.36. The van der Waals surface area contributed by atoms with E-state index in [1.54, 1.807) is 4.90 Å². The van der Waals surface area contributed by atoms with Crippen LogP contribution < -0.4 is 0 Å².